The van der Waals surface area contributed by atoms with Gasteiger partial charge in [-0.2, -0.15) is 0 Å². The van der Waals surface area contributed by atoms with Crippen molar-refractivity contribution in [3.63, 3.8) is 0 Å². The highest BCUT2D eigenvalue weighted by Gasteiger charge is 2.15. The van der Waals surface area contributed by atoms with Gasteiger partial charge in [0.2, 0.25) is 0 Å². The zero-order valence-electron chi connectivity index (χ0n) is 13.0. The van der Waals surface area contributed by atoms with E-state index in [2.05, 4.69) is 21.2 Å². The first-order valence-electron chi connectivity index (χ1n) is 7.12. The Bertz CT molecular complexity index is 472. The molecule has 0 heterocycles. The van der Waals surface area contributed by atoms with Crippen LogP contribution in [0.2, 0.25) is 0 Å². The zero-order chi connectivity index (χ0) is 15.7. The van der Waals surface area contributed by atoms with Gasteiger partial charge >= 0.3 is 0 Å². The van der Waals surface area contributed by atoms with Crippen molar-refractivity contribution in [2.24, 2.45) is 5.73 Å². The number of hydrogen-bond donors (Lipinski definition) is 2. The molecule has 0 saturated heterocycles. The van der Waals surface area contributed by atoms with Crippen LogP contribution in [0.15, 0.2) is 16.6 Å². The Morgan fingerprint density at radius 2 is 2.09 bits per heavy atom. The molecule has 0 aliphatic carbocycles. The Hall–Kier alpha value is -0.980. The minimum atomic E-state index is -0.131. The van der Waals surface area contributed by atoms with E-state index >= 15 is 0 Å². The van der Waals surface area contributed by atoms with Gasteiger partial charge in [-0.3, -0.25) is 4.79 Å². The fraction of sp³-hybridized carbons (Fsp3) is 0.533. The number of ether oxygens (including phenoxy) is 2. The SMILES string of the molecule is CCCOc1c(Br)cc(C(=O)NCCCCN)cc1OC.Cl. The molecule has 126 valence electrons. The van der Waals surface area contributed by atoms with E-state index in [0.29, 0.717) is 41.2 Å². The maximum absolute atomic E-state index is 12.1. The first kappa shape index (κ1) is 21.0. The summed E-state index contributed by atoms with van der Waals surface area (Å²) in [7, 11) is 1.56. The standard InChI is InChI=1S/C15H23BrN2O3.ClH/c1-3-8-21-14-12(16)9-11(10-13(14)20-2)15(19)18-7-5-4-6-17;/h9-10H,3-8,17H2,1-2H3,(H,18,19);1H. The lowest BCUT2D eigenvalue weighted by atomic mass is 10.2. The van der Waals surface area contributed by atoms with E-state index in [9.17, 15) is 4.79 Å². The van der Waals surface area contributed by atoms with Crippen LogP contribution in [-0.4, -0.2) is 32.7 Å². The zero-order valence-corrected chi connectivity index (χ0v) is 15.4. The quantitative estimate of drug-likeness (QED) is 0.630. The van der Waals surface area contributed by atoms with Crippen LogP contribution in [0.25, 0.3) is 0 Å². The van der Waals surface area contributed by atoms with Gasteiger partial charge in [0.1, 0.15) is 0 Å². The van der Waals surface area contributed by atoms with E-state index in [1.807, 2.05) is 6.92 Å². The number of nitrogens with two attached hydrogens (primary N) is 1. The second kappa shape index (κ2) is 11.6. The third-order valence-corrected chi connectivity index (χ3v) is 3.45. The second-order valence-corrected chi connectivity index (χ2v) is 5.44. The largest absolute Gasteiger partial charge is 0.493 e. The van der Waals surface area contributed by atoms with Gasteiger partial charge in [0.05, 0.1) is 18.2 Å². The molecule has 0 radical (unpaired) electrons. The fourth-order valence-corrected chi connectivity index (χ4v) is 2.32. The molecule has 0 fully saturated rings. The van der Waals surface area contributed by atoms with Gasteiger partial charge in [-0.25, -0.2) is 0 Å². The second-order valence-electron chi connectivity index (χ2n) is 4.59. The molecule has 0 unspecified atom stereocenters. The van der Waals surface area contributed by atoms with E-state index in [1.165, 1.54) is 0 Å². The van der Waals surface area contributed by atoms with E-state index in [-0.39, 0.29) is 18.3 Å². The molecule has 5 nitrogen and oxygen atoms in total. The lowest BCUT2D eigenvalue weighted by Crippen LogP contribution is -2.25. The minimum absolute atomic E-state index is 0. The maximum atomic E-state index is 12.1. The van der Waals surface area contributed by atoms with Crippen LogP contribution in [0.3, 0.4) is 0 Å². The highest BCUT2D eigenvalue weighted by Crippen LogP contribution is 2.36. The minimum Gasteiger partial charge on any atom is -0.493 e. The Morgan fingerprint density at radius 3 is 2.68 bits per heavy atom. The number of nitrogens with one attached hydrogen (secondary N) is 1. The summed E-state index contributed by atoms with van der Waals surface area (Å²) in [6.45, 7) is 3.88. The monoisotopic (exact) mass is 394 g/mol. The van der Waals surface area contributed by atoms with E-state index < -0.39 is 0 Å². The molecule has 1 amide bonds. The smallest absolute Gasteiger partial charge is 0.251 e. The van der Waals surface area contributed by atoms with E-state index in [1.54, 1.807) is 19.2 Å². The van der Waals surface area contributed by atoms with Crippen molar-refractivity contribution in [2.45, 2.75) is 26.2 Å². The highest BCUT2D eigenvalue weighted by atomic mass is 79.9. The molecule has 0 bridgehead atoms. The molecular formula is C15H24BrClN2O3. The molecule has 22 heavy (non-hydrogen) atoms. The number of methoxy groups -OCH3 is 1. The van der Waals surface area contributed by atoms with Crippen LogP contribution in [0.5, 0.6) is 11.5 Å². The van der Waals surface area contributed by atoms with Crippen molar-refractivity contribution in [3.8, 4) is 11.5 Å². The molecule has 3 N–H and O–H groups in total. The summed E-state index contributed by atoms with van der Waals surface area (Å²) in [6, 6.07) is 3.43. The van der Waals surface area contributed by atoms with Crippen LogP contribution < -0.4 is 20.5 Å². The predicted molar refractivity (Wildman–Crippen MR) is 94.3 cm³/mol. The average Bonchev–Trinajstić information content (AvgIpc) is 2.49. The van der Waals surface area contributed by atoms with Gasteiger partial charge in [-0.15, -0.1) is 12.4 Å². The molecule has 0 aliphatic rings. The Balaban J connectivity index is 0.00000441. The van der Waals surface area contributed by atoms with Crippen molar-refractivity contribution in [1.29, 1.82) is 0 Å². The van der Waals surface area contributed by atoms with E-state index in [4.69, 9.17) is 15.2 Å². The summed E-state index contributed by atoms with van der Waals surface area (Å²) in [6.07, 6.45) is 2.67. The van der Waals surface area contributed by atoms with Crippen molar-refractivity contribution < 1.29 is 14.3 Å². The van der Waals surface area contributed by atoms with Crippen LogP contribution in [0, 0.1) is 0 Å². The van der Waals surface area contributed by atoms with Crippen molar-refractivity contribution >= 4 is 34.2 Å². The number of rotatable bonds is 9. The summed E-state index contributed by atoms with van der Waals surface area (Å²) >= 11 is 3.43. The highest BCUT2D eigenvalue weighted by molar-refractivity contribution is 9.10. The molecule has 0 saturated carbocycles. The van der Waals surface area contributed by atoms with Gasteiger partial charge in [-0.05, 0) is 53.9 Å². The Labute approximate surface area is 146 Å². The third kappa shape index (κ3) is 6.42. The molecular weight excluding hydrogens is 372 g/mol. The molecule has 0 atom stereocenters. The Morgan fingerprint density at radius 1 is 1.36 bits per heavy atom. The lowest BCUT2D eigenvalue weighted by Gasteiger charge is -2.14. The van der Waals surface area contributed by atoms with E-state index in [0.717, 1.165) is 19.3 Å². The van der Waals surface area contributed by atoms with Crippen molar-refractivity contribution in [3.05, 3.63) is 22.2 Å². The first-order chi connectivity index (χ1) is 10.1. The number of unbranched alkanes of at least 4 members (excludes halogenated alkanes) is 1. The number of hydrogen-bond acceptors (Lipinski definition) is 4. The summed E-state index contributed by atoms with van der Waals surface area (Å²) < 4.78 is 11.7. The summed E-state index contributed by atoms with van der Waals surface area (Å²) in [5.74, 6) is 1.04. The maximum Gasteiger partial charge on any atom is 0.251 e. The Kier molecular flexibility index (Phi) is 11.1. The fourth-order valence-electron chi connectivity index (χ4n) is 1.77. The summed E-state index contributed by atoms with van der Waals surface area (Å²) in [5.41, 5.74) is 5.96. The van der Waals surface area contributed by atoms with Crippen LogP contribution >= 0.6 is 28.3 Å². The molecule has 0 aliphatic heterocycles. The normalized spacial score (nSPS) is 9.82. The molecule has 1 rings (SSSR count). The van der Waals surface area contributed by atoms with Crippen molar-refractivity contribution in [2.75, 3.05) is 26.8 Å². The van der Waals surface area contributed by atoms with Gasteiger partial charge in [0.25, 0.3) is 5.91 Å². The number of benzene rings is 1. The number of amides is 1. The number of carbonyl (C=O) groups excluding carboxylic acids is 1. The summed E-state index contributed by atoms with van der Waals surface area (Å²) in [4.78, 5) is 12.1. The number of carbonyl (C=O) groups is 1. The van der Waals surface area contributed by atoms with Gasteiger partial charge in [0.15, 0.2) is 11.5 Å². The first-order valence-corrected chi connectivity index (χ1v) is 7.91. The van der Waals surface area contributed by atoms with Gasteiger partial charge < -0.3 is 20.5 Å². The van der Waals surface area contributed by atoms with Crippen molar-refractivity contribution in [1.82, 2.24) is 5.32 Å². The predicted octanol–water partition coefficient (Wildman–Crippen LogP) is 3.14. The average molecular weight is 396 g/mol. The molecule has 1 aromatic carbocycles. The molecule has 0 aromatic heterocycles. The third-order valence-electron chi connectivity index (χ3n) is 2.86. The van der Waals surface area contributed by atoms with Gasteiger partial charge in [0, 0.05) is 12.1 Å². The molecule has 7 heteroatoms. The van der Waals surface area contributed by atoms with Crippen LogP contribution in [0.1, 0.15) is 36.5 Å². The van der Waals surface area contributed by atoms with Crippen LogP contribution in [-0.2, 0) is 0 Å². The summed E-state index contributed by atoms with van der Waals surface area (Å²) in [5, 5.41) is 2.86. The molecule has 0 spiro atoms. The van der Waals surface area contributed by atoms with Gasteiger partial charge in [-0.1, -0.05) is 6.92 Å². The topological polar surface area (TPSA) is 73.6 Å². The molecule has 1 aromatic rings. The number of halogens is 2. The van der Waals surface area contributed by atoms with Crippen LogP contribution in [0.4, 0.5) is 0 Å². The lowest BCUT2D eigenvalue weighted by molar-refractivity contribution is 0.0952.